The number of benzene rings is 3. The number of ketones is 1. The fraction of sp³-hybridized carbons (Fsp3) is 0.290. The third-order valence-corrected chi connectivity index (χ3v) is 7.43. The molecule has 2 heterocycles. The Labute approximate surface area is 226 Å². The van der Waals surface area contributed by atoms with Crippen LogP contribution >= 0.6 is 0 Å². The molecule has 8 heteroatoms. The predicted molar refractivity (Wildman–Crippen MR) is 146 cm³/mol. The molecule has 0 aromatic heterocycles. The number of anilines is 2. The average Bonchev–Trinajstić information content (AvgIpc) is 3.32. The maximum Gasteiger partial charge on any atom is 0.239 e. The minimum atomic E-state index is -0.559. The van der Waals surface area contributed by atoms with Crippen LogP contribution in [0.3, 0.4) is 0 Å². The Bertz CT molecular complexity index is 1480. The molecule has 1 aliphatic carbocycles. The number of allylic oxidation sites excluding steroid dienone is 1. The number of carbonyl (C=O) groups excluding carboxylic acids is 2. The van der Waals surface area contributed by atoms with E-state index in [4.69, 9.17) is 9.47 Å². The number of nitrogens with zero attached hydrogens (tertiary/aromatic N) is 1. The van der Waals surface area contributed by atoms with Crippen molar-refractivity contribution in [2.24, 2.45) is 5.41 Å². The molecule has 0 saturated heterocycles. The monoisotopic (exact) mass is 527 g/mol. The first-order valence-electron chi connectivity index (χ1n) is 13.1. The summed E-state index contributed by atoms with van der Waals surface area (Å²) in [6.07, 6.45) is 1.08. The van der Waals surface area contributed by atoms with Gasteiger partial charge in [-0.1, -0.05) is 44.2 Å². The molecule has 0 spiro atoms. The van der Waals surface area contributed by atoms with Gasteiger partial charge in [0.1, 0.15) is 5.82 Å². The zero-order valence-corrected chi connectivity index (χ0v) is 21.9. The zero-order chi connectivity index (χ0) is 27.1. The van der Waals surface area contributed by atoms with Crippen molar-refractivity contribution < 1.29 is 23.5 Å². The minimum absolute atomic E-state index is 0.00125. The molecule has 3 aromatic rings. The van der Waals surface area contributed by atoms with Crippen molar-refractivity contribution in [3.8, 4) is 11.5 Å². The first kappa shape index (κ1) is 25.0. The molecular weight excluding hydrogens is 497 g/mol. The van der Waals surface area contributed by atoms with E-state index < -0.39 is 6.04 Å². The lowest BCUT2D eigenvalue weighted by atomic mass is 9.73. The average molecular weight is 528 g/mol. The molecule has 0 saturated carbocycles. The topological polar surface area (TPSA) is 79.9 Å². The normalized spacial score (nSPS) is 19.1. The van der Waals surface area contributed by atoms with Crippen LogP contribution in [0.15, 0.2) is 78.0 Å². The van der Waals surface area contributed by atoms with Crippen LogP contribution in [-0.2, 0) is 16.1 Å². The van der Waals surface area contributed by atoms with E-state index in [0.717, 1.165) is 28.2 Å². The summed E-state index contributed by atoms with van der Waals surface area (Å²) < 4.78 is 24.8. The molecule has 2 N–H and O–H groups in total. The highest BCUT2D eigenvalue weighted by molar-refractivity contribution is 6.01. The van der Waals surface area contributed by atoms with Crippen molar-refractivity contribution in [1.29, 1.82) is 0 Å². The van der Waals surface area contributed by atoms with Crippen LogP contribution in [0.5, 0.6) is 11.5 Å². The second-order valence-corrected chi connectivity index (χ2v) is 11.0. The van der Waals surface area contributed by atoms with Crippen LogP contribution in [0.25, 0.3) is 0 Å². The lowest BCUT2D eigenvalue weighted by Gasteiger charge is -2.37. The van der Waals surface area contributed by atoms with E-state index in [-0.39, 0.29) is 36.3 Å². The number of ether oxygens (including phenoxy) is 2. The van der Waals surface area contributed by atoms with Crippen molar-refractivity contribution in [3.05, 3.63) is 94.9 Å². The third-order valence-electron chi connectivity index (χ3n) is 7.43. The van der Waals surface area contributed by atoms with Crippen LogP contribution in [0.1, 0.15) is 43.9 Å². The highest BCUT2D eigenvalue weighted by Gasteiger charge is 2.41. The molecule has 200 valence electrons. The fourth-order valence-corrected chi connectivity index (χ4v) is 5.68. The Morgan fingerprint density at radius 3 is 2.64 bits per heavy atom. The molecular formula is C31H30FN3O4. The number of hydrogen-bond acceptors (Lipinski definition) is 6. The molecule has 6 rings (SSSR count). The van der Waals surface area contributed by atoms with Gasteiger partial charge in [0.25, 0.3) is 0 Å². The van der Waals surface area contributed by atoms with Crippen LogP contribution in [0.4, 0.5) is 15.8 Å². The van der Waals surface area contributed by atoms with Gasteiger partial charge in [-0.05, 0) is 59.4 Å². The molecule has 3 aromatic carbocycles. The Balaban J connectivity index is 1.36. The molecule has 0 fully saturated rings. The maximum absolute atomic E-state index is 14.0. The Kier molecular flexibility index (Phi) is 6.25. The molecule has 0 bridgehead atoms. The van der Waals surface area contributed by atoms with Gasteiger partial charge in [0.2, 0.25) is 12.7 Å². The molecule has 3 aliphatic rings. The van der Waals surface area contributed by atoms with Gasteiger partial charge < -0.3 is 25.0 Å². The van der Waals surface area contributed by atoms with Crippen LogP contribution in [0, 0.1) is 11.2 Å². The van der Waals surface area contributed by atoms with E-state index in [1.54, 1.807) is 12.1 Å². The smallest absolute Gasteiger partial charge is 0.239 e. The van der Waals surface area contributed by atoms with Gasteiger partial charge in [0.15, 0.2) is 17.3 Å². The van der Waals surface area contributed by atoms with E-state index in [2.05, 4.69) is 24.5 Å². The molecule has 1 amide bonds. The van der Waals surface area contributed by atoms with Gasteiger partial charge in [-0.2, -0.15) is 0 Å². The van der Waals surface area contributed by atoms with E-state index in [0.29, 0.717) is 36.5 Å². The summed E-state index contributed by atoms with van der Waals surface area (Å²) in [6, 6.07) is 18.9. The van der Waals surface area contributed by atoms with Gasteiger partial charge >= 0.3 is 0 Å². The summed E-state index contributed by atoms with van der Waals surface area (Å²) in [7, 11) is 0. The second kappa shape index (κ2) is 9.76. The molecule has 39 heavy (non-hydrogen) atoms. The van der Waals surface area contributed by atoms with Gasteiger partial charge in [-0.25, -0.2) is 4.39 Å². The Hall–Kier alpha value is -4.33. The summed E-state index contributed by atoms with van der Waals surface area (Å²) in [6.45, 7) is 4.67. The van der Waals surface area contributed by atoms with Crippen molar-refractivity contribution >= 4 is 23.1 Å². The van der Waals surface area contributed by atoms with Crippen molar-refractivity contribution in [1.82, 2.24) is 5.32 Å². The second-order valence-electron chi connectivity index (χ2n) is 11.0. The number of para-hydroxylation sites is 2. The number of nitrogens with one attached hydrogen (secondary N) is 2. The summed E-state index contributed by atoms with van der Waals surface area (Å²) in [4.78, 5) is 29.1. The van der Waals surface area contributed by atoms with Gasteiger partial charge in [-0.3, -0.25) is 9.59 Å². The number of rotatable bonds is 5. The van der Waals surface area contributed by atoms with E-state index in [9.17, 15) is 14.0 Å². The van der Waals surface area contributed by atoms with Gasteiger partial charge in [0, 0.05) is 24.2 Å². The number of amides is 1. The van der Waals surface area contributed by atoms with E-state index >= 15 is 0 Å². The molecule has 0 radical (unpaired) electrons. The summed E-state index contributed by atoms with van der Waals surface area (Å²) in [5, 5.41) is 6.54. The van der Waals surface area contributed by atoms with E-state index in [1.807, 2.05) is 47.4 Å². The number of hydrogen-bond donors (Lipinski definition) is 2. The molecule has 2 aliphatic heterocycles. The third kappa shape index (κ3) is 4.94. The lowest BCUT2D eigenvalue weighted by molar-refractivity contribution is -0.120. The van der Waals surface area contributed by atoms with Crippen LogP contribution in [0.2, 0.25) is 0 Å². The van der Waals surface area contributed by atoms with Crippen LogP contribution in [-0.4, -0.2) is 25.0 Å². The first-order valence-corrected chi connectivity index (χ1v) is 13.1. The SMILES string of the molecule is CC1(C)CC(=O)C2=C(C1)Nc1ccccc1N(CC(=O)NCc1ccc3c(c1)OCO3)C2c1ccc(F)cc1. The van der Waals surface area contributed by atoms with Gasteiger partial charge in [0.05, 0.1) is 24.0 Å². The van der Waals surface area contributed by atoms with Gasteiger partial charge in [-0.15, -0.1) is 0 Å². The minimum Gasteiger partial charge on any atom is -0.454 e. The number of halogens is 1. The number of carbonyl (C=O) groups is 2. The Morgan fingerprint density at radius 1 is 1.05 bits per heavy atom. The zero-order valence-electron chi connectivity index (χ0n) is 21.9. The summed E-state index contributed by atoms with van der Waals surface area (Å²) >= 11 is 0. The fourth-order valence-electron chi connectivity index (χ4n) is 5.68. The lowest BCUT2D eigenvalue weighted by Crippen LogP contribution is -2.41. The quantitative estimate of drug-likeness (QED) is 0.457. The summed E-state index contributed by atoms with van der Waals surface area (Å²) in [5.41, 5.74) is 4.52. The number of Topliss-reactive ketones (excluding diaryl/α,β-unsaturated/α-hetero) is 1. The highest BCUT2D eigenvalue weighted by Crippen LogP contribution is 2.48. The van der Waals surface area contributed by atoms with Crippen LogP contribution < -0.4 is 25.0 Å². The van der Waals surface area contributed by atoms with Crippen molar-refractivity contribution in [2.45, 2.75) is 39.3 Å². The van der Waals surface area contributed by atoms with E-state index in [1.165, 1.54) is 12.1 Å². The van der Waals surface area contributed by atoms with Crippen molar-refractivity contribution in [3.63, 3.8) is 0 Å². The summed E-state index contributed by atoms with van der Waals surface area (Å²) in [5.74, 6) is 0.808. The largest absolute Gasteiger partial charge is 0.454 e. The Morgan fingerprint density at radius 2 is 1.82 bits per heavy atom. The van der Waals surface area contributed by atoms with Crippen molar-refractivity contribution in [2.75, 3.05) is 23.6 Å². The molecule has 7 nitrogen and oxygen atoms in total. The highest BCUT2D eigenvalue weighted by atomic mass is 19.1. The molecule has 1 atom stereocenters. The number of fused-ring (bicyclic) bond motifs is 2. The standard InChI is InChI=1S/C31H30FN3O4/c1-31(2)14-23-29(25(36)15-31)30(20-8-10-21(32)11-9-20)35(24-6-4-3-5-22(24)34-23)17-28(37)33-16-19-7-12-26-27(13-19)39-18-38-26/h3-13,30,34H,14-18H2,1-2H3,(H,33,37). The molecule has 1 unspecified atom stereocenters. The predicted octanol–water partition coefficient (Wildman–Crippen LogP) is 5.49. The maximum atomic E-state index is 14.0. The first-order chi connectivity index (χ1) is 18.8.